The molecule has 0 aliphatic heterocycles. The van der Waals surface area contributed by atoms with Gasteiger partial charge in [-0.15, -0.1) is 0 Å². The Bertz CT molecular complexity index is 410. The van der Waals surface area contributed by atoms with Gasteiger partial charge in [0.05, 0.1) is 0 Å². The molecule has 0 spiro atoms. The zero-order chi connectivity index (χ0) is 13.7. The van der Waals surface area contributed by atoms with Crippen LogP contribution in [-0.4, -0.2) is 23.5 Å². The minimum atomic E-state index is -0.213. The zero-order valence-corrected chi connectivity index (χ0v) is 12.2. The molecule has 0 radical (unpaired) electrons. The monoisotopic (exact) mass is 278 g/mol. The Balaban J connectivity index is 1.84. The average molecular weight is 278 g/mol. The molecule has 0 bridgehead atoms. The second kappa shape index (κ2) is 6.96. The highest BCUT2D eigenvalue weighted by molar-refractivity contribution is 7.99. The number of hydrogen-bond donors (Lipinski definition) is 2. The molecule has 1 fully saturated rings. The quantitative estimate of drug-likeness (QED) is 0.870. The van der Waals surface area contributed by atoms with E-state index in [4.69, 9.17) is 5.73 Å². The van der Waals surface area contributed by atoms with E-state index in [9.17, 15) is 4.79 Å². The fraction of sp³-hybridized carbons (Fsp3) is 0.533. The van der Waals surface area contributed by atoms with E-state index in [0.29, 0.717) is 17.7 Å². The van der Waals surface area contributed by atoms with Gasteiger partial charge in [0.15, 0.2) is 0 Å². The smallest absolute Gasteiger partial charge is 0.222 e. The molecule has 1 saturated carbocycles. The fourth-order valence-corrected chi connectivity index (χ4v) is 3.59. The lowest BCUT2D eigenvalue weighted by Crippen LogP contribution is -2.39. The van der Waals surface area contributed by atoms with Crippen LogP contribution in [0.25, 0.3) is 0 Å². The van der Waals surface area contributed by atoms with Gasteiger partial charge in [-0.3, -0.25) is 4.79 Å². The van der Waals surface area contributed by atoms with E-state index in [1.54, 1.807) is 0 Å². The van der Waals surface area contributed by atoms with Crippen molar-refractivity contribution < 1.29 is 4.79 Å². The van der Waals surface area contributed by atoms with Gasteiger partial charge >= 0.3 is 0 Å². The molecule has 3 unspecified atom stereocenters. The van der Waals surface area contributed by atoms with Crippen molar-refractivity contribution in [1.29, 1.82) is 0 Å². The van der Waals surface area contributed by atoms with Gasteiger partial charge in [-0.2, -0.15) is 11.8 Å². The van der Waals surface area contributed by atoms with Crippen molar-refractivity contribution in [1.82, 2.24) is 5.32 Å². The lowest BCUT2D eigenvalue weighted by Gasteiger charge is -2.20. The number of carbonyl (C=O) groups is 1. The highest BCUT2D eigenvalue weighted by Crippen LogP contribution is 2.28. The molecule has 3 atom stereocenters. The second-order valence-corrected chi connectivity index (χ2v) is 6.18. The van der Waals surface area contributed by atoms with Crippen LogP contribution in [0.3, 0.4) is 0 Å². The Morgan fingerprint density at radius 2 is 2.16 bits per heavy atom. The van der Waals surface area contributed by atoms with Gasteiger partial charge in [0.25, 0.3) is 0 Å². The summed E-state index contributed by atoms with van der Waals surface area (Å²) in [5.41, 5.74) is 7.09. The van der Waals surface area contributed by atoms with E-state index in [2.05, 4.69) is 11.6 Å². The van der Waals surface area contributed by atoms with E-state index in [1.807, 2.05) is 42.1 Å². The van der Waals surface area contributed by atoms with Gasteiger partial charge in [-0.1, -0.05) is 36.8 Å². The first kappa shape index (κ1) is 14.4. The summed E-state index contributed by atoms with van der Waals surface area (Å²) in [5.74, 6) is 0.0716. The molecule has 0 saturated heterocycles. The summed E-state index contributed by atoms with van der Waals surface area (Å²) >= 11 is 1.85. The molecule has 0 heterocycles. The van der Waals surface area contributed by atoms with Crippen LogP contribution in [0.2, 0.25) is 0 Å². The fourth-order valence-electron chi connectivity index (χ4n) is 2.66. The molecule has 1 amide bonds. The Morgan fingerprint density at radius 1 is 1.42 bits per heavy atom. The summed E-state index contributed by atoms with van der Waals surface area (Å²) in [5, 5.41) is 3.71. The van der Waals surface area contributed by atoms with Gasteiger partial charge in [0, 0.05) is 23.8 Å². The van der Waals surface area contributed by atoms with Gasteiger partial charge in [-0.25, -0.2) is 0 Å². The summed E-state index contributed by atoms with van der Waals surface area (Å²) in [7, 11) is 0. The normalized spacial score (nSPS) is 24.1. The molecule has 4 heteroatoms. The third kappa shape index (κ3) is 3.98. The average Bonchev–Trinajstić information content (AvgIpc) is 2.86. The molecule has 1 aromatic carbocycles. The molecule has 19 heavy (non-hydrogen) atoms. The topological polar surface area (TPSA) is 55.1 Å². The van der Waals surface area contributed by atoms with Crippen molar-refractivity contribution >= 4 is 17.7 Å². The molecule has 1 aliphatic rings. The summed E-state index contributed by atoms with van der Waals surface area (Å²) in [6.07, 6.45) is 5.99. The van der Waals surface area contributed by atoms with Crippen LogP contribution in [-0.2, 0) is 4.79 Å². The van der Waals surface area contributed by atoms with E-state index in [1.165, 1.54) is 12.8 Å². The van der Waals surface area contributed by atoms with Gasteiger partial charge in [0.1, 0.15) is 0 Å². The molecule has 1 aromatic rings. The summed E-state index contributed by atoms with van der Waals surface area (Å²) < 4.78 is 0. The second-order valence-electron chi connectivity index (χ2n) is 5.10. The van der Waals surface area contributed by atoms with Gasteiger partial charge < -0.3 is 11.1 Å². The maximum Gasteiger partial charge on any atom is 0.222 e. The molecule has 104 valence electrons. The largest absolute Gasteiger partial charge is 0.352 e. The summed E-state index contributed by atoms with van der Waals surface area (Å²) in [6, 6.07) is 9.91. The SMILES string of the molecule is CSC1CCCC1NC(=O)CC(N)c1ccccc1. The Labute approximate surface area is 119 Å². The van der Waals surface area contributed by atoms with Crippen molar-refractivity contribution in [2.45, 2.75) is 43.0 Å². The Morgan fingerprint density at radius 3 is 2.84 bits per heavy atom. The predicted octanol–water partition coefficient (Wildman–Crippen LogP) is 2.48. The first-order valence-electron chi connectivity index (χ1n) is 6.83. The number of hydrogen-bond acceptors (Lipinski definition) is 3. The maximum absolute atomic E-state index is 12.0. The van der Waals surface area contributed by atoms with Gasteiger partial charge in [-0.05, 0) is 24.7 Å². The number of carbonyl (C=O) groups excluding carboxylic acids is 1. The van der Waals surface area contributed by atoms with Crippen LogP contribution in [0.5, 0.6) is 0 Å². The van der Waals surface area contributed by atoms with Crippen molar-refractivity contribution in [3.05, 3.63) is 35.9 Å². The first-order valence-corrected chi connectivity index (χ1v) is 8.12. The number of nitrogens with one attached hydrogen (secondary N) is 1. The van der Waals surface area contributed by atoms with Crippen molar-refractivity contribution in [2.75, 3.05) is 6.26 Å². The molecular weight excluding hydrogens is 256 g/mol. The molecule has 2 rings (SSSR count). The van der Waals surface area contributed by atoms with Crippen molar-refractivity contribution in [3.8, 4) is 0 Å². The number of amides is 1. The standard InChI is InChI=1S/C15H22N2OS/c1-19-14-9-5-8-13(14)17-15(18)10-12(16)11-6-3-2-4-7-11/h2-4,6-7,12-14H,5,8-10,16H2,1H3,(H,17,18). The Kier molecular flexibility index (Phi) is 5.28. The highest BCUT2D eigenvalue weighted by Gasteiger charge is 2.28. The van der Waals surface area contributed by atoms with Gasteiger partial charge in [0.2, 0.25) is 5.91 Å². The third-order valence-corrected chi connectivity index (χ3v) is 4.90. The number of benzene rings is 1. The van der Waals surface area contributed by atoms with Crippen molar-refractivity contribution in [3.63, 3.8) is 0 Å². The predicted molar refractivity (Wildman–Crippen MR) is 81.1 cm³/mol. The van der Waals surface area contributed by atoms with Crippen LogP contribution < -0.4 is 11.1 Å². The Hall–Kier alpha value is -1.00. The van der Waals surface area contributed by atoms with Crippen LogP contribution in [0.4, 0.5) is 0 Å². The zero-order valence-electron chi connectivity index (χ0n) is 11.3. The molecule has 3 nitrogen and oxygen atoms in total. The lowest BCUT2D eigenvalue weighted by atomic mass is 10.0. The number of thioether (sulfide) groups is 1. The van der Waals surface area contributed by atoms with Crippen LogP contribution in [0.15, 0.2) is 30.3 Å². The minimum Gasteiger partial charge on any atom is -0.352 e. The van der Waals surface area contributed by atoms with E-state index < -0.39 is 0 Å². The summed E-state index contributed by atoms with van der Waals surface area (Å²) in [6.45, 7) is 0. The molecule has 3 N–H and O–H groups in total. The highest BCUT2D eigenvalue weighted by atomic mass is 32.2. The first-order chi connectivity index (χ1) is 9.20. The van der Waals surface area contributed by atoms with Crippen molar-refractivity contribution in [2.24, 2.45) is 5.73 Å². The van der Waals surface area contributed by atoms with E-state index in [0.717, 1.165) is 12.0 Å². The molecule has 0 aromatic heterocycles. The number of nitrogens with two attached hydrogens (primary N) is 1. The lowest BCUT2D eigenvalue weighted by molar-refractivity contribution is -0.122. The maximum atomic E-state index is 12.0. The number of rotatable bonds is 5. The molecular formula is C15H22N2OS. The van der Waals surface area contributed by atoms with E-state index >= 15 is 0 Å². The van der Waals surface area contributed by atoms with Crippen LogP contribution in [0.1, 0.15) is 37.3 Å². The van der Waals surface area contributed by atoms with E-state index in [-0.39, 0.29) is 11.9 Å². The minimum absolute atomic E-state index is 0.0716. The molecule has 1 aliphatic carbocycles. The van der Waals surface area contributed by atoms with Crippen LogP contribution >= 0.6 is 11.8 Å². The summed E-state index contributed by atoms with van der Waals surface area (Å²) in [4.78, 5) is 12.0. The van der Waals surface area contributed by atoms with Crippen LogP contribution in [0, 0.1) is 0 Å². The third-order valence-electron chi connectivity index (χ3n) is 3.73.